The number of fused-ring (bicyclic) bond motifs is 1. The minimum absolute atomic E-state index is 0.214. The van der Waals surface area contributed by atoms with Crippen molar-refractivity contribution in [2.45, 2.75) is 38.6 Å². The van der Waals surface area contributed by atoms with Crippen molar-refractivity contribution < 1.29 is 9.53 Å². The minimum atomic E-state index is 0.214. The summed E-state index contributed by atoms with van der Waals surface area (Å²) in [5.41, 5.74) is 2.95. The van der Waals surface area contributed by atoms with Gasteiger partial charge >= 0.3 is 0 Å². The van der Waals surface area contributed by atoms with Crippen molar-refractivity contribution in [3.63, 3.8) is 0 Å². The van der Waals surface area contributed by atoms with Crippen LogP contribution in [0.5, 0.6) is 5.75 Å². The monoisotopic (exact) mass is 314 g/mol. The van der Waals surface area contributed by atoms with Gasteiger partial charge in [0.05, 0.1) is 6.61 Å². The number of carbonyl (C=O) groups is 1. The fraction of sp³-hybridized carbons (Fsp3) is 0.632. The van der Waals surface area contributed by atoms with Gasteiger partial charge in [-0.2, -0.15) is 0 Å². The summed E-state index contributed by atoms with van der Waals surface area (Å²) in [7, 11) is 1.77. The van der Waals surface area contributed by atoms with Gasteiger partial charge in [0.25, 0.3) is 0 Å². The molecule has 2 aliphatic heterocycles. The van der Waals surface area contributed by atoms with Crippen LogP contribution in [0.3, 0.4) is 0 Å². The molecule has 1 saturated carbocycles. The van der Waals surface area contributed by atoms with E-state index in [1.165, 1.54) is 30.4 Å². The quantitative estimate of drug-likeness (QED) is 0.931. The molecule has 4 nitrogen and oxygen atoms in total. The van der Waals surface area contributed by atoms with Gasteiger partial charge < -0.3 is 10.1 Å². The molecule has 2 atom stereocenters. The van der Waals surface area contributed by atoms with E-state index in [1.807, 2.05) is 0 Å². The maximum absolute atomic E-state index is 12.2. The SMILES string of the molecule is CNC(=O)[C@@H]1CCC[C@@]12CCN(Cc1ccc3c(c1)CCO3)C2. The Labute approximate surface area is 138 Å². The van der Waals surface area contributed by atoms with Crippen LogP contribution in [0, 0.1) is 11.3 Å². The van der Waals surface area contributed by atoms with Crippen LogP contribution in [0.15, 0.2) is 18.2 Å². The maximum atomic E-state index is 12.2. The Bertz CT molecular complexity index is 615. The Balaban J connectivity index is 1.45. The van der Waals surface area contributed by atoms with Gasteiger partial charge in [0.15, 0.2) is 0 Å². The van der Waals surface area contributed by atoms with Crippen LogP contribution >= 0.6 is 0 Å². The second-order valence-electron chi connectivity index (χ2n) is 7.42. The van der Waals surface area contributed by atoms with Crippen molar-refractivity contribution in [1.82, 2.24) is 10.2 Å². The number of nitrogens with zero attached hydrogens (tertiary/aromatic N) is 1. The van der Waals surface area contributed by atoms with Crippen molar-refractivity contribution in [3.8, 4) is 5.75 Å². The highest BCUT2D eigenvalue weighted by molar-refractivity contribution is 5.79. The molecule has 0 unspecified atom stereocenters. The predicted molar refractivity (Wildman–Crippen MR) is 89.4 cm³/mol. The zero-order valence-electron chi connectivity index (χ0n) is 13.9. The van der Waals surface area contributed by atoms with Gasteiger partial charge in [-0.1, -0.05) is 18.6 Å². The lowest BCUT2D eigenvalue weighted by Gasteiger charge is -2.30. The average molecular weight is 314 g/mol. The Hall–Kier alpha value is -1.55. The summed E-state index contributed by atoms with van der Waals surface area (Å²) in [5, 5.41) is 2.88. The van der Waals surface area contributed by atoms with Crippen LogP contribution in [0.2, 0.25) is 0 Å². The van der Waals surface area contributed by atoms with E-state index in [9.17, 15) is 4.79 Å². The van der Waals surface area contributed by atoms with Crippen LogP contribution < -0.4 is 10.1 Å². The highest BCUT2D eigenvalue weighted by Gasteiger charge is 2.49. The maximum Gasteiger partial charge on any atom is 0.223 e. The zero-order chi connectivity index (χ0) is 15.9. The fourth-order valence-electron chi connectivity index (χ4n) is 4.93. The average Bonchev–Trinajstić information content (AvgIpc) is 3.27. The normalized spacial score (nSPS) is 29.7. The fourth-order valence-corrected chi connectivity index (χ4v) is 4.93. The molecule has 1 aromatic carbocycles. The largest absolute Gasteiger partial charge is 0.493 e. The second kappa shape index (κ2) is 5.82. The van der Waals surface area contributed by atoms with Crippen LogP contribution in [0.4, 0.5) is 0 Å². The van der Waals surface area contributed by atoms with Gasteiger partial charge in [0.1, 0.15) is 5.75 Å². The van der Waals surface area contributed by atoms with Crippen molar-refractivity contribution in [1.29, 1.82) is 0 Å². The smallest absolute Gasteiger partial charge is 0.223 e. The van der Waals surface area contributed by atoms with E-state index in [0.717, 1.165) is 44.8 Å². The van der Waals surface area contributed by atoms with Crippen molar-refractivity contribution in [2.24, 2.45) is 11.3 Å². The van der Waals surface area contributed by atoms with Crippen LogP contribution in [-0.2, 0) is 17.8 Å². The molecule has 0 radical (unpaired) electrons. The number of likely N-dealkylation sites (tertiary alicyclic amines) is 1. The third-order valence-corrected chi connectivity index (χ3v) is 6.09. The summed E-state index contributed by atoms with van der Waals surface area (Å²) in [6.07, 6.45) is 5.66. The number of amides is 1. The number of ether oxygens (including phenoxy) is 1. The molecule has 2 heterocycles. The summed E-state index contributed by atoms with van der Waals surface area (Å²) in [4.78, 5) is 14.8. The number of nitrogens with one attached hydrogen (secondary N) is 1. The Morgan fingerprint density at radius 1 is 1.43 bits per heavy atom. The van der Waals surface area contributed by atoms with E-state index in [-0.39, 0.29) is 17.2 Å². The van der Waals surface area contributed by atoms with Gasteiger partial charge in [0, 0.05) is 32.5 Å². The molecule has 1 N–H and O–H groups in total. The molecule has 1 amide bonds. The number of carbonyl (C=O) groups excluding carboxylic acids is 1. The Morgan fingerprint density at radius 3 is 3.22 bits per heavy atom. The first-order chi connectivity index (χ1) is 11.2. The molecule has 4 heteroatoms. The molecule has 1 spiro atoms. The van der Waals surface area contributed by atoms with Crippen molar-refractivity contribution >= 4 is 5.91 Å². The lowest BCUT2D eigenvalue weighted by atomic mass is 9.76. The Morgan fingerprint density at radius 2 is 2.35 bits per heavy atom. The van der Waals surface area contributed by atoms with Gasteiger partial charge in [-0.3, -0.25) is 9.69 Å². The number of benzene rings is 1. The first-order valence-electron chi connectivity index (χ1n) is 8.89. The standard InChI is InChI=1S/C19H26N2O2/c1-20-18(22)16-3-2-7-19(16)8-9-21(13-19)12-14-4-5-17-15(11-14)6-10-23-17/h4-5,11,16H,2-3,6-10,12-13H2,1H3,(H,20,22)/t16-,19-/m0/s1. The molecule has 124 valence electrons. The predicted octanol–water partition coefficient (Wildman–Crippen LogP) is 2.36. The molecular formula is C19H26N2O2. The van der Waals surface area contributed by atoms with Crippen molar-refractivity contribution in [2.75, 3.05) is 26.7 Å². The third kappa shape index (κ3) is 2.63. The minimum Gasteiger partial charge on any atom is -0.493 e. The molecule has 23 heavy (non-hydrogen) atoms. The topological polar surface area (TPSA) is 41.6 Å². The van der Waals surface area contributed by atoms with Gasteiger partial charge in [0.2, 0.25) is 5.91 Å². The first-order valence-corrected chi connectivity index (χ1v) is 8.89. The molecule has 1 aromatic rings. The van der Waals surface area contributed by atoms with E-state index in [4.69, 9.17) is 4.74 Å². The van der Waals surface area contributed by atoms with E-state index in [2.05, 4.69) is 28.4 Å². The van der Waals surface area contributed by atoms with E-state index < -0.39 is 0 Å². The van der Waals surface area contributed by atoms with Gasteiger partial charge in [-0.25, -0.2) is 0 Å². The number of hydrogen-bond acceptors (Lipinski definition) is 3. The van der Waals surface area contributed by atoms with Crippen LogP contribution in [0.25, 0.3) is 0 Å². The lowest BCUT2D eigenvalue weighted by Crippen LogP contribution is -2.39. The summed E-state index contributed by atoms with van der Waals surface area (Å²) < 4.78 is 5.59. The molecule has 4 rings (SSSR count). The molecule has 0 aromatic heterocycles. The number of hydrogen-bond donors (Lipinski definition) is 1. The van der Waals surface area contributed by atoms with Gasteiger partial charge in [-0.15, -0.1) is 0 Å². The van der Waals surface area contributed by atoms with E-state index in [1.54, 1.807) is 7.05 Å². The highest BCUT2D eigenvalue weighted by Crippen LogP contribution is 2.50. The highest BCUT2D eigenvalue weighted by atomic mass is 16.5. The zero-order valence-corrected chi connectivity index (χ0v) is 13.9. The summed E-state index contributed by atoms with van der Waals surface area (Å²) in [5.74, 6) is 1.52. The molecule has 3 aliphatic rings. The first kappa shape index (κ1) is 15.0. The molecule has 0 bridgehead atoms. The molecule has 1 saturated heterocycles. The lowest BCUT2D eigenvalue weighted by molar-refractivity contribution is -0.127. The van der Waals surface area contributed by atoms with E-state index >= 15 is 0 Å². The summed E-state index contributed by atoms with van der Waals surface area (Å²) in [6, 6.07) is 6.62. The second-order valence-corrected chi connectivity index (χ2v) is 7.42. The summed E-state index contributed by atoms with van der Waals surface area (Å²) >= 11 is 0. The Kier molecular flexibility index (Phi) is 3.80. The van der Waals surface area contributed by atoms with Crippen LogP contribution in [0.1, 0.15) is 36.8 Å². The van der Waals surface area contributed by atoms with Gasteiger partial charge in [-0.05, 0) is 48.4 Å². The third-order valence-electron chi connectivity index (χ3n) is 6.09. The van der Waals surface area contributed by atoms with E-state index in [0.29, 0.717) is 0 Å². The number of rotatable bonds is 3. The molecular weight excluding hydrogens is 288 g/mol. The van der Waals surface area contributed by atoms with Crippen molar-refractivity contribution in [3.05, 3.63) is 29.3 Å². The molecule has 1 aliphatic carbocycles. The summed E-state index contributed by atoms with van der Waals surface area (Å²) in [6.45, 7) is 3.99. The van der Waals surface area contributed by atoms with Crippen LogP contribution in [-0.4, -0.2) is 37.6 Å². The molecule has 2 fully saturated rings.